The van der Waals surface area contributed by atoms with E-state index < -0.39 is 0 Å². The number of aryl methyl sites for hydroxylation is 2. The van der Waals surface area contributed by atoms with Gasteiger partial charge in [-0.1, -0.05) is 0 Å². The van der Waals surface area contributed by atoms with E-state index in [9.17, 15) is 9.90 Å². The maximum atomic E-state index is 11.3. The zero-order valence-corrected chi connectivity index (χ0v) is 7.79. The van der Waals surface area contributed by atoms with Crippen LogP contribution in [-0.4, -0.2) is 17.4 Å². The Balaban J connectivity index is 3.23. The summed E-state index contributed by atoms with van der Waals surface area (Å²) in [5.41, 5.74) is 7.30. The Morgan fingerprint density at radius 2 is 2.00 bits per heavy atom. The van der Waals surface area contributed by atoms with Crippen LogP contribution < -0.4 is 5.73 Å². The van der Waals surface area contributed by atoms with Crippen LogP contribution in [0.1, 0.15) is 21.5 Å². The number of hydrogen-bond acceptors (Lipinski definition) is 3. The summed E-state index contributed by atoms with van der Waals surface area (Å²) in [6, 6.07) is 3.25. The van der Waals surface area contributed by atoms with Crippen LogP contribution >= 0.6 is 0 Å². The van der Waals surface area contributed by atoms with Crippen molar-refractivity contribution in [2.75, 3.05) is 6.54 Å². The first-order valence-corrected chi connectivity index (χ1v) is 4.09. The lowest BCUT2D eigenvalue weighted by atomic mass is 10.0. The number of hydrogen-bond donors (Lipinski definition) is 2. The summed E-state index contributed by atoms with van der Waals surface area (Å²) in [6.07, 6.45) is 0. The predicted octanol–water partition coefficient (Wildman–Crippen LogP) is 1.15. The largest absolute Gasteiger partial charge is 0.508 e. The van der Waals surface area contributed by atoms with Gasteiger partial charge in [0.1, 0.15) is 5.75 Å². The van der Waals surface area contributed by atoms with Gasteiger partial charge in [0.2, 0.25) is 0 Å². The molecule has 0 unspecified atom stereocenters. The highest BCUT2D eigenvalue weighted by Crippen LogP contribution is 2.21. The van der Waals surface area contributed by atoms with Crippen molar-refractivity contribution in [3.05, 3.63) is 28.8 Å². The van der Waals surface area contributed by atoms with E-state index >= 15 is 0 Å². The van der Waals surface area contributed by atoms with E-state index in [1.165, 1.54) is 0 Å². The number of carbonyl (C=O) groups is 1. The van der Waals surface area contributed by atoms with E-state index in [2.05, 4.69) is 0 Å². The summed E-state index contributed by atoms with van der Waals surface area (Å²) in [7, 11) is 0. The molecule has 0 saturated carbocycles. The van der Waals surface area contributed by atoms with Crippen LogP contribution in [0.25, 0.3) is 0 Å². The lowest BCUT2D eigenvalue weighted by Gasteiger charge is -2.06. The number of carbonyl (C=O) groups excluding carboxylic acids is 1. The van der Waals surface area contributed by atoms with E-state index in [1.807, 2.05) is 0 Å². The van der Waals surface area contributed by atoms with Crippen molar-refractivity contribution >= 4 is 5.78 Å². The molecule has 0 aromatic heterocycles. The van der Waals surface area contributed by atoms with Crippen LogP contribution in [-0.2, 0) is 0 Å². The number of benzene rings is 1. The van der Waals surface area contributed by atoms with Gasteiger partial charge < -0.3 is 10.8 Å². The van der Waals surface area contributed by atoms with Crippen molar-refractivity contribution in [3.8, 4) is 5.75 Å². The fourth-order valence-electron chi connectivity index (χ4n) is 1.21. The number of nitrogens with two attached hydrogens (primary N) is 1. The molecule has 3 heteroatoms. The van der Waals surface area contributed by atoms with Gasteiger partial charge in [0.15, 0.2) is 5.78 Å². The molecule has 0 aliphatic rings. The lowest BCUT2D eigenvalue weighted by Crippen LogP contribution is -2.14. The van der Waals surface area contributed by atoms with Gasteiger partial charge in [0.25, 0.3) is 0 Å². The van der Waals surface area contributed by atoms with Crippen molar-refractivity contribution in [1.82, 2.24) is 0 Å². The average Bonchev–Trinajstić information content (AvgIpc) is 2.10. The zero-order chi connectivity index (χ0) is 10.0. The highest BCUT2D eigenvalue weighted by Gasteiger charge is 2.09. The maximum Gasteiger partial charge on any atom is 0.176 e. The minimum atomic E-state index is -0.0967. The van der Waals surface area contributed by atoms with Gasteiger partial charge in [-0.05, 0) is 37.1 Å². The Labute approximate surface area is 77.2 Å². The molecule has 3 N–H and O–H groups in total. The number of aromatic hydroxyl groups is 1. The quantitative estimate of drug-likeness (QED) is 0.669. The Morgan fingerprint density at radius 1 is 1.38 bits per heavy atom. The lowest BCUT2D eigenvalue weighted by molar-refractivity contribution is 0.100. The molecule has 0 heterocycles. The van der Waals surface area contributed by atoms with Crippen molar-refractivity contribution in [1.29, 1.82) is 0 Å². The topological polar surface area (TPSA) is 63.3 Å². The number of phenolic OH excluding ortho intramolecular Hbond substituents is 1. The summed E-state index contributed by atoms with van der Waals surface area (Å²) >= 11 is 0. The second-order valence-electron chi connectivity index (χ2n) is 3.08. The monoisotopic (exact) mass is 179 g/mol. The summed E-state index contributed by atoms with van der Waals surface area (Å²) in [4.78, 5) is 11.3. The van der Waals surface area contributed by atoms with Gasteiger partial charge in [-0.15, -0.1) is 0 Å². The van der Waals surface area contributed by atoms with Crippen LogP contribution in [0, 0.1) is 13.8 Å². The van der Waals surface area contributed by atoms with Gasteiger partial charge in [0, 0.05) is 5.56 Å². The highest BCUT2D eigenvalue weighted by molar-refractivity contribution is 5.99. The molecular formula is C10H13NO2. The summed E-state index contributed by atoms with van der Waals surface area (Å²) in [5, 5.41) is 9.34. The van der Waals surface area contributed by atoms with E-state index in [0.29, 0.717) is 11.1 Å². The third-order valence-electron chi connectivity index (χ3n) is 2.03. The first kappa shape index (κ1) is 9.74. The van der Waals surface area contributed by atoms with E-state index in [-0.39, 0.29) is 18.1 Å². The molecular weight excluding hydrogens is 166 g/mol. The van der Waals surface area contributed by atoms with Crippen LogP contribution in [0.5, 0.6) is 5.75 Å². The van der Waals surface area contributed by atoms with E-state index in [4.69, 9.17) is 5.73 Å². The Bertz CT molecular complexity index is 345. The van der Waals surface area contributed by atoms with Gasteiger partial charge in [-0.25, -0.2) is 0 Å². The summed E-state index contributed by atoms with van der Waals surface area (Å²) in [5.74, 6) is 0.117. The van der Waals surface area contributed by atoms with Crippen LogP contribution in [0.2, 0.25) is 0 Å². The van der Waals surface area contributed by atoms with Crippen LogP contribution in [0.4, 0.5) is 0 Å². The third kappa shape index (κ3) is 1.87. The molecule has 0 aliphatic carbocycles. The maximum absolute atomic E-state index is 11.3. The Morgan fingerprint density at radius 3 is 2.54 bits per heavy atom. The van der Waals surface area contributed by atoms with Crippen molar-refractivity contribution in [2.24, 2.45) is 5.73 Å². The Hall–Kier alpha value is -1.35. The summed E-state index contributed by atoms with van der Waals surface area (Å²) < 4.78 is 0. The van der Waals surface area contributed by atoms with Gasteiger partial charge in [-0.2, -0.15) is 0 Å². The molecule has 0 saturated heterocycles. The molecule has 0 radical (unpaired) electrons. The first-order chi connectivity index (χ1) is 6.06. The normalized spacial score (nSPS) is 10.1. The van der Waals surface area contributed by atoms with E-state index in [0.717, 1.165) is 5.56 Å². The predicted molar refractivity (Wildman–Crippen MR) is 51.0 cm³/mol. The first-order valence-electron chi connectivity index (χ1n) is 4.09. The molecule has 0 amide bonds. The molecule has 0 spiro atoms. The number of phenols is 1. The minimum Gasteiger partial charge on any atom is -0.508 e. The third-order valence-corrected chi connectivity index (χ3v) is 2.03. The smallest absolute Gasteiger partial charge is 0.176 e. The number of Topliss-reactive ketones (excluding diaryl/α,β-unsaturated/α-hetero) is 1. The van der Waals surface area contributed by atoms with Gasteiger partial charge >= 0.3 is 0 Å². The van der Waals surface area contributed by atoms with Gasteiger partial charge in [-0.3, -0.25) is 4.79 Å². The second kappa shape index (κ2) is 3.58. The molecule has 13 heavy (non-hydrogen) atoms. The number of rotatable bonds is 2. The summed E-state index contributed by atoms with van der Waals surface area (Å²) in [6.45, 7) is 3.54. The van der Waals surface area contributed by atoms with Crippen LogP contribution in [0.3, 0.4) is 0 Å². The molecule has 1 aromatic rings. The zero-order valence-electron chi connectivity index (χ0n) is 7.79. The molecule has 3 nitrogen and oxygen atoms in total. The van der Waals surface area contributed by atoms with Gasteiger partial charge in [0.05, 0.1) is 6.54 Å². The minimum absolute atomic E-state index is 0.00502. The Kier molecular flexibility index (Phi) is 2.68. The average molecular weight is 179 g/mol. The molecule has 0 fully saturated rings. The van der Waals surface area contributed by atoms with Crippen molar-refractivity contribution in [2.45, 2.75) is 13.8 Å². The molecule has 1 rings (SSSR count). The molecule has 0 bridgehead atoms. The molecule has 1 aromatic carbocycles. The van der Waals surface area contributed by atoms with Crippen LogP contribution in [0.15, 0.2) is 12.1 Å². The SMILES string of the molecule is Cc1cc(C(=O)CN)c(C)cc1O. The van der Waals surface area contributed by atoms with Crippen molar-refractivity contribution < 1.29 is 9.90 Å². The number of ketones is 1. The molecule has 0 atom stereocenters. The molecule has 0 aliphatic heterocycles. The van der Waals surface area contributed by atoms with Crippen molar-refractivity contribution in [3.63, 3.8) is 0 Å². The standard InChI is InChI=1S/C10H13NO2/c1-6-4-9(12)7(2)3-8(6)10(13)5-11/h3-4,12H,5,11H2,1-2H3. The van der Waals surface area contributed by atoms with E-state index in [1.54, 1.807) is 26.0 Å². The fraction of sp³-hybridized carbons (Fsp3) is 0.300. The fourth-order valence-corrected chi connectivity index (χ4v) is 1.21. The highest BCUT2D eigenvalue weighted by atomic mass is 16.3. The molecule has 70 valence electrons. The second-order valence-corrected chi connectivity index (χ2v) is 3.08.